The highest BCUT2D eigenvalue weighted by Gasteiger charge is 2.90. The minimum absolute atomic E-state index is 0.0182. The summed E-state index contributed by atoms with van der Waals surface area (Å²) in [5.74, 6) is 1.87. The second kappa shape index (κ2) is 12.4. The van der Waals surface area contributed by atoms with Gasteiger partial charge in [0, 0.05) is 31.6 Å². The van der Waals surface area contributed by atoms with Crippen molar-refractivity contribution in [3.8, 4) is 0 Å². The molecule has 240 valence electrons. The van der Waals surface area contributed by atoms with Gasteiger partial charge in [0.05, 0.1) is 11.2 Å². The molecule has 3 aromatic rings. The predicted molar refractivity (Wildman–Crippen MR) is 174 cm³/mol. The van der Waals surface area contributed by atoms with Crippen LogP contribution in [-0.4, -0.2) is 69.1 Å². The summed E-state index contributed by atoms with van der Waals surface area (Å²) in [6.45, 7) is 3.82. The van der Waals surface area contributed by atoms with Crippen LogP contribution in [0.25, 0.3) is 5.65 Å². The van der Waals surface area contributed by atoms with E-state index in [1.807, 2.05) is 35.8 Å². The standard InChI is InChI=1S/C28H36N4O.C8H12N2O2/c33-28(26-14-9-15-27-30-25(21-32(26)27)20-31-16-7-8-17-31)29-19-24(23-12-5-2-6-13-23)18-22-10-3-1-4-11-22;1-10-7-4-5(7)2-3-8(7,10)12-6(9)11/h2,5-6,9,12-15,21-22,24H,1,3-4,7-8,10-11,16-20H2,(H,29,33);5H,2-4H2,1H3,(H2,9,11). The van der Waals surface area contributed by atoms with Gasteiger partial charge >= 0.3 is 6.09 Å². The molecular formula is C36H48N6O3. The molecule has 3 saturated carbocycles. The summed E-state index contributed by atoms with van der Waals surface area (Å²) in [5.41, 5.74) is 8.85. The van der Waals surface area contributed by atoms with Crippen LogP contribution in [0.15, 0.2) is 54.7 Å². The Morgan fingerprint density at radius 3 is 2.49 bits per heavy atom. The van der Waals surface area contributed by atoms with E-state index < -0.39 is 6.09 Å². The summed E-state index contributed by atoms with van der Waals surface area (Å²) in [7, 11) is 2.02. The normalized spacial score (nSPS) is 29.3. The Morgan fingerprint density at radius 1 is 1.02 bits per heavy atom. The Kier molecular flexibility index (Phi) is 8.33. The summed E-state index contributed by atoms with van der Waals surface area (Å²) in [6.07, 6.45) is 15.2. The van der Waals surface area contributed by atoms with Crippen LogP contribution in [0.5, 0.6) is 0 Å². The number of hydrogen-bond acceptors (Lipinski definition) is 6. The maximum Gasteiger partial charge on any atom is 0.406 e. The minimum atomic E-state index is -0.633. The zero-order chi connectivity index (χ0) is 31.0. The highest BCUT2D eigenvalue weighted by molar-refractivity contribution is 5.93. The smallest absolute Gasteiger partial charge is 0.406 e. The third kappa shape index (κ3) is 5.85. The first-order valence-electron chi connectivity index (χ1n) is 17.1. The number of pyridine rings is 1. The topological polar surface area (TPSA) is 105 Å². The van der Waals surface area contributed by atoms with Crippen LogP contribution < -0.4 is 11.1 Å². The molecular weight excluding hydrogens is 564 g/mol. The highest BCUT2D eigenvalue weighted by atomic mass is 16.6. The van der Waals surface area contributed by atoms with Crippen LogP contribution >= 0.6 is 0 Å². The number of imidazole rings is 1. The number of nitrogens with two attached hydrogens (primary N) is 1. The summed E-state index contributed by atoms with van der Waals surface area (Å²) < 4.78 is 7.15. The zero-order valence-electron chi connectivity index (χ0n) is 26.6. The summed E-state index contributed by atoms with van der Waals surface area (Å²) in [4.78, 5) is 33.3. The number of aromatic nitrogens is 2. The van der Waals surface area contributed by atoms with E-state index in [9.17, 15) is 9.59 Å². The monoisotopic (exact) mass is 612 g/mol. The molecule has 2 saturated heterocycles. The highest BCUT2D eigenvalue weighted by Crippen LogP contribution is 2.78. The van der Waals surface area contributed by atoms with E-state index in [0.29, 0.717) is 18.2 Å². The number of likely N-dealkylation sites (N-methyl/N-ethyl adjacent to an activating group) is 1. The lowest BCUT2D eigenvalue weighted by atomic mass is 9.80. The van der Waals surface area contributed by atoms with Gasteiger partial charge in [-0.25, -0.2) is 9.78 Å². The van der Waals surface area contributed by atoms with Crippen molar-refractivity contribution in [3.63, 3.8) is 0 Å². The minimum Gasteiger partial charge on any atom is -0.426 e. The number of amides is 2. The molecule has 5 unspecified atom stereocenters. The molecule has 5 aliphatic rings. The van der Waals surface area contributed by atoms with Crippen LogP contribution in [0.2, 0.25) is 0 Å². The van der Waals surface area contributed by atoms with E-state index in [4.69, 9.17) is 15.5 Å². The molecule has 1 aromatic carbocycles. The third-order valence-electron chi connectivity index (χ3n) is 11.4. The number of rotatable bonds is 9. The van der Waals surface area contributed by atoms with E-state index >= 15 is 0 Å². The molecule has 9 heteroatoms. The lowest BCUT2D eigenvalue weighted by Gasteiger charge is -2.27. The van der Waals surface area contributed by atoms with Crippen LogP contribution in [0.4, 0.5) is 4.79 Å². The van der Waals surface area contributed by atoms with Crippen molar-refractivity contribution in [2.75, 3.05) is 26.7 Å². The molecule has 0 bridgehead atoms. The van der Waals surface area contributed by atoms with E-state index in [-0.39, 0.29) is 17.2 Å². The van der Waals surface area contributed by atoms with E-state index in [0.717, 1.165) is 55.7 Å². The number of piperidine rings is 1. The lowest BCUT2D eigenvalue weighted by molar-refractivity contribution is 0.0528. The molecule has 45 heavy (non-hydrogen) atoms. The fourth-order valence-electron chi connectivity index (χ4n) is 8.97. The summed E-state index contributed by atoms with van der Waals surface area (Å²) in [5, 5.41) is 3.26. The maximum absolute atomic E-state index is 13.3. The van der Waals surface area contributed by atoms with Crippen molar-refractivity contribution in [3.05, 3.63) is 71.7 Å². The SMILES string of the molecule is CN1C2(OC(N)=O)CCC3CC312.O=C(NCC(CC1CCCCC1)c1ccccc1)c1cccc2nc(CN3CCCC3)cn12. The molecule has 2 aromatic heterocycles. The number of primary amides is 1. The first kappa shape index (κ1) is 30.2. The fourth-order valence-corrected chi connectivity index (χ4v) is 8.97. The Hall–Kier alpha value is -3.43. The molecule has 1 spiro atoms. The number of nitrogens with zero attached hydrogens (tertiary/aromatic N) is 4. The molecule has 0 radical (unpaired) electrons. The third-order valence-corrected chi connectivity index (χ3v) is 11.4. The second-order valence-corrected chi connectivity index (χ2v) is 14.0. The van der Waals surface area contributed by atoms with Gasteiger partial charge in [0.2, 0.25) is 0 Å². The quantitative estimate of drug-likeness (QED) is 0.301. The van der Waals surface area contributed by atoms with Crippen molar-refractivity contribution in [1.29, 1.82) is 0 Å². The average molecular weight is 613 g/mol. The van der Waals surface area contributed by atoms with Gasteiger partial charge in [-0.2, -0.15) is 0 Å². The van der Waals surface area contributed by atoms with Crippen LogP contribution in [-0.2, 0) is 11.3 Å². The maximum atomic E-state index is 13.3. The summed E-state index contributed by atoms with van der Waals surface area (Å²) >= 11 is 0. The number of ether oxygens (including phenoxy) is 1. The number of hydrogen-bond donors (Lipinski definition) is 2. The molecule has 4 heterocycles. The number of carbonyl (C=O) groups is 2. The molecule has 2 amide bonds. The number of benzene rings is 1. The van der Waals surface area contributed by atoms with E-state index in [1.54, 1.807) is 0 Å². The molecule has 8 rings (SSSR count). The van der Waals surface area contributed by atoms with Crippen LogP contribution in [0.3, 0.4) is 0 Å². The van der Waals surface area contributed by atoms with Gasteiger partial charge in [-0.3, -0.25) is 19.0 Å². The van der Waals surface area contributed by atoms with Gasteiger partial charge in [0.25, 0.3) is 5.91 Å². The van der Waals surface area contributed by atoms with Gasteiger partial charge in [0.15, 0.2) is 5.72 Å². The zero-order valence-corrected chi connectivity index (χ0v) is 26.6. The van der Waals surface area contributed by atoms with E-state index in [1.165, 1.54) is 63.4 Å². The van der Waals surface area contributed by atoms with Crippen molar-refractivity contribution < 1.29 is 14.3 Å². The van der Waals surface area contributed by atoms with Crippen molar-refractivity contribution in [2.24, 2.45) is 17.6 Å². The number of likely N-dealkylation sites (tertiary alicyclic amines) is 2. The van der Waals surface area contributed by atoms with Crippen molar-refractivity contribution in [2.45, 2.75) is 94.4 Å². The number of fused-ring (bicyclic) bond motifs is 1. The molecule has 2 aliphatic heterocycles. The van der Waals surface area contributed by atoms with E-state index in [2.05, 4.69) is 45.4 Å². The molecule has 5 atom stereocenters. The molecule has 5 fully saturated rings. The lowest BCUT2D eigenvalue weighted by Crippen LogP contribution is -2.30. The Morgan fingerprint density at radius 2 is 1.80 bits per heavy atom. The predicted octanol–water partition coefficient (Wildman–Crippen LogP) is 5.69. The van der Waals surface area contributed by atoms with Gasteiger partial charge in [-0.15, -0.1) is 0 Å². The summed E-state index contributed by atoms with van der Waals surface area (Å²) in [6, 6.07) is 16.5. The van der Waals surface area contributed by atoms with Gasteiger partial charge in [-0.1, -0.05) is 68.5 Å². The second-order valence-electron chi connectivity index (χ2n) is 14.0. The Balaban J connectivity index is 0.000000224. The Labute approximate surface area is 266 Å². The molecule has 3 aliphatic carbocycles. The van der Waals surface area contributed by atoms with Crippen LogP contribution in [0.1, 0.15) is 98.3 Å². The fraction of sp³-hybridized carbons (Fsp3) is 0.583. The Bertz CT molecular complexity index is 1510. The largest absolute Gasteiger partial charge is 0.426 e. The average Bonchev–Trinajstić information content (AvgIpc) is 3.51. The van der Waals surface area contributed by atoms with Crippen LogP contribution in [0, 0.1) is 11.8 Å². The molecule has 9 nitrogen and oxygen atoms in total. The van der Waals surface area contributed by atoms with Gasteiger partial charge < -0.3 is 15.8 Å². The van der Waals surface area contributed by atoms with Crippen molar-refractivity contribution >= 4 is 17.6 Å². The molecule has 3 N–H and O–H groups in total. The van der Waals surface area contributed by atoms with Gasteiger partial charge in [0.1, 0.15) is 11.3 Å². The first-order chi connectivity index (χ1) is 21.9. The number of nitrogens with one attached hydrogen (secondary N) is 1. The first-order valence-corrected chi connectivity index (χ1v) is 17.1. The number of carbonyl (C=O) groups excluding carboxylic acids is 2. The van der Waals surface area contributed by atoms with Crippen molar-refractivity contribution in [1.82, 2.24) is 24.5 Å². The van der Waals surface area contributed by atoms with Gasteiger partial charge in [-0.05, 0) is 81.8 Å².